The molecule has 3 aliphatic rings. The van der Waals surface area contributed by atoms with Crippen LogP contribution in [0, 0.1) is 5.92 Å². The smallest absolute Gasteiger partial charge is 0.310 e. The first-order valence-electron chi connectivity index (χ1n) is 14.6. The number of rotatable bonds is 8. The molecule has 0 spiro atoms. The molecule has 9 heteroatoms. The van der Waals surface area contributed by atoms with Gasteiger partial charge in [0.2, 0.25) is 5.91 Å². The Morgan fingerprint density at radius 2 is 1.83 bits per heavy atom. The number of ether oxygens (including phenoxy) is 1. The van der Waals surface area contributed by atoms with Gasteiger partial charge in [0.25, 0.3) is 5.91 Å². The highest BCUT2D eigenvalue weighted by Crippen LogP contribution is 2.45. The summed E-state index contributed by atoms with van der Waals surface area (Å²) in [5, 5.41) is 5.75. The average molecular weight is 587 g/mol. The third-order valence-corrected chi connectivity index (χ3v) is 8.81. The Balaban J connectivity index is 1.44. The van der Waals surface area contributed by atoms with Crippen molar-refractivity contribution in [2.75, 3.05) is 25.0 Å². The SMILES string of the molecule is CCOC(=O)C1CCCN(C(=O)CC2=CSC3=NC(C)=C(C(=O)Nc4ccccc4)C(c4ccc(C(C)C)cc4)N23)C1. The average Bonchev–Trinajstić information content (AvgIpc) is 3.38. The van der Waals surface area contributed by atoms with Crippen molar-refractivity contribution in [3.05, 3.63) is 88.1 Å². The van der Waals surface area contributed by atoms with Gasteiger partial charge in [0.1, 0.15) is 0 Å². The Labute approximate surface area is 251 Å². The molecule has 2 atom stereocenters. The van der Waals surface area contributed by atoms with E-state index >= 15 is 0 Å². The van der Waals surface area contributed by atoms with Crippen LogP contribution in [0.3, 0.4) is 0 Å². The second kappa shape index (κ2) is 13.0. The lowest BCUT2D eigenvalue weighted by Gasteiger charge is -2.37. The number of carbonyl (C=O) groups excluding carboxylic acids is 3. The van der Waals surface area contributed by atoms with Crippen LogP contribution >= 0.6 is 11.8 Å². The van der Waals surface area contributed by atoms with Crippen molar-refractivity contribution in [1.82, 2.24) is 9.80 Å². The van der Waals surface area contributed by atoms with E-state index in [1.807, 2.05) is 47.6 Å². The number of allylic oxidation sites excluding steroid dienone is 1. The molecule has 42 heavy (non-hydrogen) atoms. The largest absolute Gasteiger partial charge is 0.466 e. The summed E-state index contributed by atoms with van der Waals surface area (Å²) in [5.41, 5.74) is 4.84. The van der Waals surface area contributed by atoms with Crippen molar-refractivity contribution in [3.63, 3.8) is 0 Å². The first kappa shape index (κ1) is 29.6. The Bertz CT molecular complexity index is 1430. The van der Waals surface area contributed by atoms with Crippen LogP contribution in [0.5, 0.6) is 0 Å². The number of para-hydroxylation sites is 1. The minimum atomic E-state index is -0.454. The van der Waals surface area contributed by atoms with E-state index in [2.05, 4.69) is 43.4 Å². The van der Waals surface area contributed by atoms with Gasteiger partial charge in [-0.25, -0.2) is 4.99 Å². The standard InChI is InChI=1S/C33H38N4O4S/c1-5-41-32(40)25-10-9-17-36(19-25)28(38)18-27-20-42-33-34-22(4)29(31(39)35-26-11-7-6-8-12-26)30(37(27)33)24-15-13-23(14-16-24)21(2)3/h6-8,11-16,20-21,25,30H,5,9-10,17-19H2,1-4H3,(H,35,39). The van der Waals surface area contributed by atoms with Crippen molar-refractivity contribution >= 4 is 40.4 Å². The fourth-order valence-corrected chi connectivity index (χ4v) is 6.65. The first-order chi connectivity index (χ1) is 20.3. The number of carbonyl (C=O) groups is 3. The van der Waals surface area contributed by atoms with Crippen molar-refractivity contribution in [2.24, 2.45) is 10.9 Å². The van der Waals surface area contributed by atoms with Gasteiger partial charge in [0.15, 0.2) is 5.17 Å². The minimum absolute atomic E-state index is 0.0485. The van der Waals surface area contributed by atoms with Gasteiger partial charge in [-0.2, -0.15) is 0 Å². The number of nitrogens with zero attached hydrogens (tertiary/aromatic N) is 3. The zero-order valence-electron chi connectivity index (χ0n) is 24.6. The van der Waals surface area contributed by atoms with E-state index in [1.54, 1.807) is 11.8 Å². The van der Waals surface area contributed by atoms with Gasteiger partial charge in [0.05, 0.1) is 36.3 Å². The molecule has 2 aromatic rings. The van der Waals surface area contributed by atoms with Gasteiger partial charge >= 0.3 is 5.97 Å². The number of esters is 1. The summed E-state index contributed by atoms with van der Waals surface area (Å²) in [4.78, 5) is 48.5. The molecule has 1 saturated heterocycles. The van der Waals surface area contributed by atoms with E-state index in [0.717, 1.165) is 29.3 Å². The molecule has 220 valence electrons. The second-order valence-electron chi connectivity index (χ2n) is 11.1. The molecule has 0 aromatic heterocycles. The Hall–Kier alpha value is -3.85. The topological polar surface area (TPSA) is 91.3 Å². The summed E-state index contributed by atoms with van der Waals surface area (Å²) in [5.74, 6) is -0.439. The van der Waals surface area contributed by atoms with Gasteiger partial charge in [-0.1, -0.05) is 68.1 Å². The minimum Gasteiger partial charge on any atom is -0.466 e. The lowest BCUT2D eigenvalue weighted by molar-refractivity contribution is -0.151. The molecule has 0 bridgehead atoms. The molecule has 1 N–H and O–H groups in total. The van der Waals surface area contributed by atoms with Crippen LogP contribution in [0.15, 0.2) is 82.0 Å². The maximum Gasteiger partial charge on any atom is 0.310 e. The number of likely N-dealkylation sites (tertiary alicyclic amines) is 1. The van der Waals surface area contributed by atoms with Gasteiger partial charge in [0, 0.05) is 24.5 Å². The Morgan fingerprint density at radius 1 is 1.10 bits per heavy atom. The van der Waals surface area contributed by atoms with Crippen LogP contribution < -0.4 is 5.32 Å². The third kappa shape index (κ3) is 6.31. The van der Waals surface area contributed by atoms with Gasteiger partial charge in [-0.05, 0) is 61.3 Å². The van der Waals surface area contributed by atoms with Crippen LogP contribution in [0.25, 0.3) is 0 Å². The number of hydrogen-bond donors (Lipinski definition) is 1. The van der Waals surface area contributed by atoms with E-state index in [4.69, 9.17) is 9.73 Å². The van der Waals surface area contributed by atoms with Crippen molar-refractivity contribution in [1.29, 1.82) is 0 Å². The zero-order valence-corrected chi connectivity index (χ0v) is 25.4. The van der Waals surface area contributed by atoms with Crippen molar-refractivity contribution in [3.8, 4) is 0 Å². The second-order valence-corrected chi connectivity index (χ2v) is 12.0. The van der Waals surface area contributed by atoms with Crippen LogP contribution in [-0.4, -0.2) is 52.4 Å². The monoisotopic (exact) mass is 586 g/mol. The fraction of sp³-hybridized carbons (Fsp3) is 0.394. The predicted molar refractivity (Wildman–Crippen MR) is 167 cm³/mol. The number of benzene rings is 2. The highest BCUT2D eigenvalue weighted by atomic mass is 32.2. The van der Waals surface area contributed by atoms with Crippen LogP contribution in [0.1, 0.15) is 70.0 Å². The van der Waals surface area contributed by atoms with Gasteiger partial charge < -0.3 is 19.9 Å². The predicted octanol–water partition coefficient (Wildman–Crippen LogP) is 6.22. The van der Waals surface area contributed by atoms with Gasteiger partial charge in [-0.3, -0.25) is 14.4 Å². The molecule has 0 radical (unpaired) electrons. The molecule has 8 nitrogen and oxygen atoms in total. The quantitative estimate of drug-likeness (QED) is 0.370. The third-order valence-electron chi connectivity index (χ3n) is 7.92. The number of fused-ring (bicyclic) bond motifs is 1. The summed E-state index contributed by atoms with van der Waals surface area (Å²) in [6, 6.07) is 17.3. The molecule has 2 amide bonds. The first-order valence-corrected chi connectivity index (χ1v) is 15.5. The summed E-state index contributed by atoms with van der Waals surface area (Å²) < 4.78 is 5.23. The molecule has 3 aliphatic heterocycles. The Morgan fingerprint density at radius 3 is 2.52 bits per heavy atom. The summed E-state index contributed by atoms with van der Waals surface area (Å²) in [7, 11) is 0. The molecule has 1 fully saturated rings. The van der Waals surface area contributed by atoms with Crippen molar-refractivity contribution in [2.45, 2.75) is 58.9 Å². The molecule has 2 aromatic carbocycles. The number of piperidine rings is 1. The number of hydrogen-bond acceptors (Lipinski definition) is 7. The van der Waals surface area contributed by atoms with Gasteiger partial charge in [-0.15, -0.1) is 0 Å². The molecular weight excluding hydrogens is 548 g/mol. The molecule has 0 aliphatic carbocycles. The van der Waals surface area contributed by atoms with E-state index in [1.165, 1.54) is 17.3 Å². The maximum absolute atomic E-state index is 13.8. The number of amidine groups is 1. The fourth-order valence-electron chi connectivity index (χ4n) is 5.68. The number of nitrogens with one attached hydrogen (secondary N) is 1. The van der Waals surface area contributed by atoms with E-state index in [9.17, 15) is 14.4 Å². The van der Waals surface area contributed by atoms with Crippen LogP contribution in [0.4, 0.5) is 5.69 Å². The van der Waals surface area contributed by atoms with Crippen LogP contribution in [0.2, 0.25) is 0 Å². The zero-order chi connectivity index (χ0) is 29.8. The number of thioether (sulfide) groups is 1. The lowest BCUT2D eigenvalue weighted by atomic mass is 9.91. The molecule has 3 heterocycles. The summed E-state index contributed by atoms with van der Waals surface area (Å²) >= 11 is 1.47. The van der Waals surface area contributed by atoms with E-state index in [0.29, 0.717) is 42.6 Å². The van der Waals surface area contributed by atoms with Crippen LogP contribution in [-0.2, 0) is 19.1 Å². The summed E-state index contributed by atoms with van der Waals surface area (Å²) in [6.07, 6.45) is 1.63. The molecule has 5 rings (SSSR count). The molecule has 0 saturated carbocycles. The normalized spacial score (nSPS) is 20.2. The van der Waals surface area contributed by atoms with E-state index in [-0.39, 0.29) is 30.1 Å². The highest BCUT2D eigenvalue weighted by Gasteiger charge is 2.41. The number of anilines is 1. The Kier molecular flexibility index (Phi) is 9.16. The lowest BCUT2D eigenvalue weighted by Crippen LogP contribution is -2.44. The van der Waals surface area contributed by atoms with Crippen molar-refractivity contribution < 1.29 is 19.1 Å². The van der Waals surface area contributed by atoms with E-state index < -0.39 is 6.04 Å². The highest BCUT2D eigenvalue weighted by molar-refractivity contribution is 8.16. The maximum atomic E-state index is 13.8. The molecular formula is C33H38N4O4S. The molecule has 2 unspecified atom stereocenters. The number of aliphatic imine (C=N–C) groups is 1. The number of amides is 2. The summed E-state index contributed by atoms with van der Waals surface area (Å²) in [6.45, 7) is 9.27.